The minimum absolute atomic E-state index is 0.0366. The normalized spacial score (nSPS) is 10.4. The van der Waals surface area contributed by atoms with Crippen molar-refractivity contribution in [2.45, 2.75) is 0 Å². The predicted molar refractivity (Wildman–Crippen MR) is 54.9 cm³/mol. The van der Waals surface area contributed by atoms with Gasteiger partial charge in [-0.25, -0.2) is 4.98 Å². The Hall–Kier alpha value is -1.13. The quantitative estimate of drug-likeness (QED) is 0.598. The van der Waals surface area contributed by atoms with E-state index in [0.717, 1.165) is 0 Å². The van der Waals surface area contributed by atoms with Gasteiger partial charge in [-0.3, -0.25) is 4.79 Å². The number of furan rings is 1. The maximum atomic E-state index is 11.2. The number of Topliss-reactive ketones (excluding diaryl/α,β-unsaturated/α-hetero) is 1. The highest BCUT2D eigenvalue weighted by molar-refractivity contribution is 7.12. The average Bonchev–Trinajstić information content (AvgIpc) is 2.86. The Morgan fingerprint density at radius 3 is 3.14 bits per heavy atom. The molecule has 72 valence electrons. The summed E-state index contributed by atoms with van der Waals surface area (Å²) in [4.78, 5) is 15.3. The molecule has 5 heteroatoms. The van der Waals surface area contributed by atoms with Crippen molar-refractivity contribution in [3.63, 3.8) is 0 Å². The number of hydrogen-bond acceptors (Lipinski definition) is 4. The zero-order chi connectivity index (χ0) is 9.97. The van der Waals surface area contributed by atoms with Gasteiger partial charge in [-0.15, -0.1) is 22.9 Å². The number of thiazole rings is 1. The van der Waals surface area contributed by atoms with Crippen molar-refractivity contribution in [3.05, 3.63) is 28.8 Å². The molecule has 0 saturated heterocycles. The van der Waals surface area contributed by atoms with E-state index in [0.29, 0.717) is 16.5 Å². The third kappa shape index (κ3) is 1.71. The summed E-state index contributed by atoms with van der Waals surface area (Å²) >= 11 is 6.69. The van der Waals surface area contributed by atoms with Crippen molar-refractivity contribution in [3.8, 4) is 11.5 Å². The third-order valence-corrected chi connectivity index (χ3v) is 2.76. The molecule has 2 aromatic rings. The Morgan fingerprint density at radius 1 is 1.64 bits per heavy atom. The molecule has 0 unspecified atom stereocenters. The number of nitrogens with zero attached hydrogens (tertiary/aromatic N) is 1. The molecule has 0 radical (unpaired) electrons. The lowest BCUT2D eigenvalue weighted by Gasteiger charge is -1.88. The van der Waals surface area contributed by atoms with Crippen LogP contribution >= 0.6 is 22.9 Å². The van der Waals surface area contributed by atoms with Crippen LogP contribution in [0.15, 0.2) is 28.2 Å². The van der Waals surface area contributed by atoms with Crippen LogP contribution in [0.4, 0.5) is 0 Å². The number of halogens is 1. The first-order valence-electron chi connectivity index (χ1n) is 3.90. The Morgan fingerprint density at radius 2 is 2.50 bits per heavy atom. The molecule has 0 fully saturated rings. The second-order valence-electron chi connectivity index (χ2n) is 2.57. The maximum Gasteiger partial charge on any atom is 0.206 e. The van der Waals surface area contributed by atoms with Gasteiger partial charge in [0.25, 0.3) is 0 Å². The molecule has 0 bridgehead atoms. The average molecular weight is 228 g/mol. The van der Waals surface area contributed by atoms with Crippen LogP contribution in [-0.2, 0) is 0 Å². The summed E-state index contributed by atoms with van der Waals surface area (Å²) in [6.07, 6.45) is 1.57. The van der Waals surface area contributed by atoms with E-state index in [1.807, 2.05) is 0 Å². The maximum absolute atomic E-state index is 11.2. The summed E-state index contributed by atoms with van der Waals surface area (Å²) in [5.74, 6) is 0.467. The molecule has 0 aromatic carbocycles. The van der Waals surface area contributed by atoms with Crippen LogP contribution in [0.5, 0.6) is 0 Å². The fraction of sp³-hybridized carbons (Fsp3) is 0.111. The second kappa shape index (κ2) is 3.94. The zero-order valence-corrected chi connectivity index (χ0v) is 8.64. The monoisotopic (exact) mass is 227 g/mol. The lowest BCUT2D eigenvalue weighted by Crippen LogP contribution is -1.98. The summed E-state index contributed by atoms with van der Waals surface area (Å²) in [6, 6.07) is 3.57. The van der Waals surface area contributed by atoms with Crippen LogP contribution in [0.1, 0.15) is 9.80 Å². The van der Waals surface area contributed by atoms with Gasteiger partial charge in [-0.05, 0) is 12.1 Å². The number of carbonyl (C=O) groups excluding carboxylic acids is 1. The molecule has 0 N–H and O–H groups in total. The Balaban J connectivity index is 2.31. The number of alkyl halides is 1. The minimum Gasteiger partial charge on any atom is -0.463 e. The molecule has 3 nitrogen and oxygen atoms in total. The van der Waals surface area contributed by atoms with Crippen LogP contribution in [0.2, 0.25) is 0 Å². The van der Waals surface area contributed by atoms with Crippen molar-refractivity contribution in [1.29, 1.82) is 0 Å². The highest BCUT2D eigenvalue weighted by Gasteiger charge is 2.11. The topological polar surface area (TPSA) is 43.1 Å². The van der Waals surface area contributed by atoms with Gasteiger partial charge < -0.3 is 4.42 Å². The van der Waals surface area contributed by atoms with Crippen LogP contribution in [0.3, 0.4) is 0 Å². The number of aromatic nitrogens is 1. The summed E-state index contributed by atoms with van der Waals surface area (Å²) in [7, 11) is 0. The fourth-order valence-electron chi connectivity index (χ4n) is 0.996. The molecule has 2 aromatic heterocycles. The molecule has 0 spiro atoms. The molecule has 0 amide bonds. The highest BCUT2D eigenvalue weighted by atomic mass is 35.5. The van der Waals surface area contributed by atoms with Crippen molar-refractivity contribution < 1.29 is 9.21 Å². The van der Waals surface area contributed by atoms with Gasteiger partial charge >= 0.3 is 0 Å². The number of rotatable bonds is 3. The Labute approximate surface area is 89.3 Å². The number of ketones is 1. The smallest absolute Gasteiger partial charge is 0.206 e. The van der Waals surface area contributed by atoms with E-state index in [2.05, 4.69) is 4.98 Å². The van der Waals surface area contributed by atoms with Crippen molar-refractivity contribution in [1.82, 2.24) is 4.98 Å². The van der Waals surface area contributed by atoms with Crippen LogP contribution in [-0.4, -0.2) is 16.6 Å². The van der Waals surface area contributed by atoms with E-state index in [1.165, 1.54) is 11.3 Å². The summed E-state index contributed by atoms with van der Waals surface area (Å²) in [6.45, 7) is 0. The predicted octanol–water partition coefficient (Wildman–Crippen LogP) is 2.82. The summed E-state index contributed by atoms with van der Waals surface area (Å²) in [5, 5.41) is 2.20. The lowest BCUT2D eigenvalue weighted by molar-refractivity contribution is 0.102. The first kappa shape index (κ1) is 9.43. The molecule has 0 atom stereocenters. The van der Waals surface area contributed by atoms with Gasteiger partial charge in [0.1, 0.15) is 5.69 Å². The van der Waals surface area contributed by atoms with Crippen molar-refractivity contribution in [2.24, 2.45) is 0 Å². The molecule has 14 heavy (non-hydrogen) atoms. The third-order valence-electron chi connectivity index (χ3n) is 1.64. The van der Waals surface area contributed by atoms with E-state index in [4.69, 9.17) is 16.0 Å². The standard InChI is InChI=1S/C9H6ClNO2S/c10-4-7(12)9-11-6(5-14-9)8-2-1-3-13-8/h1-3,5H,4H2. The fourth-order valence-corrected chi connectivity index (χ4v) is 1.95. The van der Waals surface area contributed by atoms with E-state index in [9.17, 15) is 4.79 Å². The number of hydrogen-bond donors (Lipinski definition) is 0. The van der Waals surface area contributed by atoms with Crippen LogP contribution < -0.4 is 0 Å². The van der Waals surface area contributed by atoms with Crippen LogP contribution in [0, 0.1) is 0 Å². The van der Waals surface area contributed by atoms with E-state index in [-0.39, 0.29) is 11.7 Å². The molecular formula is C9H6ClNO2S. The molecule has 0 aliphatic rings. The van der Waals surface area contributed by atoms with Gasteiger partial charge in [-0.2, -0.15) is 0 Å². The first-order valence-corrected chi connectivity index (χ1v) is 5.31. The van der Waals surface area contributed by atoms with Gasteiger partial charge in [0.05, 0.1) is 12.1 Å². The number of carbonyl (C=O) groups is 1. The zero-order valence-electron chi connectivity index (χ0n) is 7.07. The van der Waals surface area contributed by atoms with E-state index >= 15 is 0 Å². The van der Waals surface area contributed by atoms with Gasteiger partial charge in [0.15, 0.2) is 10.8 Å². The Bertz CT molecular complexity index is 435. The van der Waals surface area contributed by atoms with Gasteiger partial charge in [0, 0.05) is 5.38 Å². The van der Waals surface area contributed by atoms with Gasteiger partial charge in [-0.1, -0.05) is 0 Å². The van der Waals surface area contributed by atoms with Crippen molar-refractivity contribution in [2.75, 3.05) is 5.88 Å². The first-order chi connectivity index (χ1) is 6.81. The second-order valence-corrected chi connectivity index (χ2v) is 3.70. The molecule has 0 aliphatic heterocycles. The molecule has 0 aliphatic carbocycles. The summed E-state index contributed by atoms with van der Waals surface area (Å²) < 4.78 is 5.15. The molecule has 0 saturated carbocycles. The molecule has 2 heterocycles. The molecule has 2 rings (SSSR count). The van der Waals surface area contributed by atoms with E-state index in [1.54, 1.807) is 23.8 Å². The SMILES string of the molecule is O=C(CCl)c1nc(-c2ccco2)cs1. The summed E-state index contributed by atoms with van der Waals surface area (Å²) in [5.41, 5.74) is 0.675. The minimum atomic E-state index is -0.158. The van der Waals surface area contributed by atoms with E-state index < -0.39 is 0 Å². The lowest BCUT2D eigenvalue weighted by atomic mass is 10.3. The van der Waals surface area contributed by atoms with Crippen molar-refractivity contribution >= 4 is 28.7 Å². The molecular weight excluding hydrogens is 222 g/mol. The van der Waals surface area contributed by atoms with Crippen LogP contribution in [0.25, 0.3) is 11.5 Å². The van der Waals surface area contributed by atoms with Gasteiger partial charge in [0.2, 0.25) is 5.78 Å². The largest absolute Gasteiger partial charge is 0.463 e. The highest BCUT2D eigenvalue weighted by Crippen LogP contribution is 2.22. The Kier molecular flexibility index (Phi) is 2.65.